The van der Waals surface area contributed by atoms with Crippen LogP contribution in [0.3, 0.4) is 0 Å². The minimum absolute atomic E-state index is 0.590. The van der Waals surface area contributed by atoms with Crippen LogP contribution in [-0.4, -0.2) is 21.7 Å². The van der Waals surface area contributed by atoms with Crippen LogP contribution in [0.2, 0.25) is 0 Å². The van der Waals surface area contributed by atoms with Gasteiger partial charge in [-0.1, -0.05) is 41.6 Å². The quantitative estimate of drug-likeness (QED) is 0.506. The molecule has 0 radical (unpaired) electrons. The molecule has 2 aliphatic rings. The Hall–Kier alpha value is -2.99. The number of hydrogen-bond donors (Lipinski definition) is 1. The van der Waals surface area contributed by atoms with E-state index in [0.29, 0.717) is 17.5 Å². The molecule has 3 aromatic heterocycles. The molecule has 3 heterocycles. The maximum absolute atomic E-state index is 5.31. The van der Waals surface area contributed by atoms with E-state index in [-0.39, 0.29) is 0 Å². The molecule has 0 amide bonds. The van der Waals surface area contributed by atoms with Crippen LogP contribution >= 0.6 is 11.3 Å². The number of hydrogen-bond acceptors (Lipinski definition) is 6. The fourth-order valence-corrected chi connectivity index (χ4v) is 5.61. The van der Waals surface area contributed by atoms with Crippen LogP contribution in [0.5, 0.6) is 0 Å². The zero-order valence-electron chi connectivity index (χ0n) is 15.2. The van der Waals surface area contributed by atoms with E-state index in [9.17, 15) is 0 Å². The first-order chi connectivity index (χ1) is 13.9. The molecule has 0 saturated heterocycles. The van der Waals surface area contributed by atoms with E-state index < -0.39 is 0 Å². The molecule has 0 saturated carbocycles. The second kappa shape index (κ2) is 6.27. The molecule has 6 rings (SSSR count). The summed E-state index contributed by atoms with van der Waals surface area (Å²) in [6, 6.07) is 12.3. The van der Waals surface area contributed by atoms with Gasteiger partial charge in [-0.2, -0.15) is 0 Å². The van der Waals surface area contributed by atoms with Crippen molar-refractivity contribution in [1.29, 1.82) is 0 Å². The maximum Gasteiger partial charge on any atom is 0.204 e. The summed E-state index contributed by atoms with van der Waals surface area (Å²) >= 11 is 1.80. The Labute approximate surface area is 166 Å². The third kappa shape index (κ3) is 2.41. The van der Waals surface area contributed by atoms with E-state index in [0.717, 1.165) is 23.6 Å². The lowest BCUT2D eigenvalue weighted by Gasteiger charge is -2.26. The van der Waals surface area contributed by atoms with Crippen LogP contribution < -0.4 is 5.32 Å². The van der Waals surface area contributed by atoms with Gasteiger partial charge in [0.15, 0.2) is 0 Å². The van der Waals surface area contributed by atoms with Crippen molar-refractivity contribution in [2.45, 2.75) is 25.2 Å². The Bertz CT molecular complexity index is 1190. The highest BCUT2D eigenvalue weighted by Gasteiger charge is 2.39. The van der Waals surface area contributed by atoms with Crippen LogP contribution in [0.25, 0.3) is 27.4 Å². The van der Waals surface area contributed by atoms with Gasteiger partial charge in [0.2, 0.25) is 11.6 Å². The predicted octanol–water partition coefficient (Wildman–Crippen LogP) is 5.28. The Morgan fingerprint density at radius 3 is 2.93 bits per heavy atom. The Kier molecular flexibility index (Phi) is 3.59. The summed E-state index contributed by atoms with van der Waals surface area (Å²) < 4.78 is 5.31. The average molecular weight is 386 g/mol. The average Bonchev–Trinajstić information content (AvgIpc) is 3.44. The summed E-state index contributed by atoms with van der Waals surface area (Å²) in [7, 11) is 0. The largest absolute Gasteiger partial charge is 0.369 e. The molecule has 2 aliphatic carbocycles. The van der Waals surface area contributed by atoms with Crippen molar-refractivity contribution >= 4 is 32.9 Å². The van der Waals surface area contributed by atoms with Crippen molar-refractivity contribution in [3.8, 4) is 11.6 Å². The summed E-state index contributed by atoms with van der Waals surface area (Å²) in [5, 5.41) is 8.55. The molecule has 1 N–H and O–H groups in total. The van der Waals surface area contributed by atoms with Gasteiger partial charge >= 0.3 is 0 Å². The number of nitrogens with zero attached hydrogens (tertiary/aromatic N) is 3. The molecule has 1 aromatic carbocycles. The summed E-state index contributed by atoms with van der Waals surface area (Å²) in [4.78, 5) is 12.1. The Morgan fingerprint density at radius 2 is 2.07 bits per heavy atom. The fraction of sp³-hybridized carbons (Fsp3) is 0.227. The molecule has 1 unspecified atom stereocenters. The summed E-state index contributed by atoms with van der Waals surface area (Å²) in [6.07, 6.45) is 7.37. The van der Waals surface area contributed by atoms with E-state index in [1.807, 2.05) is 6.07 Å². The van der Waals surface area contributed by atoms with Gasteiger partial charge in [-0.3, -0.25) is 0 Å². The highest BCUT2D eigenvalue weighted by molar-refractivity contribution is 7.19. The third-order valence-electron chi connectivity index (χ3n) is 5.59. The topological polar surface area (TPSA) is 63.8 Å². The second-order valence-corrected chi connectivity index (χ2v) is 8.28. The first-order valence-electron chi connectivity index (χ1n) is 9.62. The van der Waals surface area contributed by atoms with E-state index in [1.54, 1.807) is 23.6 Å². The molecule has 0 fully saturated rings. The minimum atomic E-state index is 0.590. The lowest BCUT2D eigenvalue weighted by Crippen LogP contribution is -2.11. The summed E-state index contributed by atoms with van der Waals surface area (Å²) in [6.45, 7) is 0.819. The second-order valence-electron chi connectivity index (χ2n) is 7.25. The van der Waals surface area contributed by atoms with Crippen molar-refractivity contribution in [2.24, 2.45) is 0 Å². The molecule has 5 nitrogen and oxygen atoms in total. The number of allylic oxidation sites excluding steroid dienone is 2. The van der Waals surface area contributed by atoms with Crippen molar-refractivity contribution in [1.82, 2.24) is 15.1 Å². The normalized spacial score (nSPS) is 17.1. The zero-order chi connectivity index (χ0) is 18.5. The summed E-state index contributed by atoms with van der Waals surface area (Å²) in [5.74, 6) is 2.70. The van der Waals surface area contributed by atoms with E-state index in [1.165, 1.54) is 39.8 Å². The molecule has 4 aromatic rings. The number of benzene rings is 1. The third-order valence-corrected chi connectivity index (χ3v) is 6.78. The van der Waals surface area contributed by atoms with Crippen molar-refractivity contribution < 1.29 is 4.52 Å². The van der Waals surface area contributed by atoms with Crippen LogP contribution in [0.4, 0.5) is 5.82 Å². The predicted molar refractivity (Wildman–Crippen MR) is 111 cm³/mol. The van der Waals surface area contributed by atoms with Gasteiger partial charge < -0.3 is 9.84 Å². The first-order valence-corrected chi connectivity index (χ1v) is 10.4. The van der Waals surface area contributed by atoms with Crippen molar-refractivity contribution in [3.05, 3.63) is 64.7 Å². The van der Waals surface area contributed by atoms with Gasteiger partial charge in [-0.25, -0.2) is 9.97 Å². The molecule has 0 bridgehead atoms. The van der Waals surface area contributed by atoms with Gasteiger partial charge in [-0.15, -0.1) is 11.3 Å². The monoisotopic (exact) mass is 386 g/mol. The fourth-order valence-electron chi connectivity index (χ4n) is 4.26. The number of nitrogens with one attached hydrogen (secondary N) is 1. The van der Waals surface area contributed by atoms with Gasteiger partial charge in [0.1, 0.15) is 10.6 Å². The van der Waals surface area contributed by atoms with Gasteiger partial charge in [0.25, 0.3) is 0 Å². The number of fused-ring (bicyclic) bond motifs is 6. The molecule has 6 heteroatoms. The van der Waals surface area contributed by atoms with Crippen molar-refractivity contribution in [3.63, 3.8) is 0 Å². The molecule has 1 atom stereocenters. The Morgan fingerprint density at radius 1 is 1.14 bits per heavy atom. The van der Waals surface area contributed by atoms with Crippen molar-refractivity contribution in [2.75, 3.05) is 11.9 Å². The SMILES string of the molecule is C1=C2c3c(sc4nc(-c5ccno5)nc(NCCc5ccccc5)c34)C2CC1. The summed E-state index contributed by atoms with van der Waals surface area (Å²) in [5.41, 5.74) is 4.17. The van der Waals surface area contributed by atoms with Crippen LogP contribution in [0.15, 0.2) is 53.2 Å². The van der Waals surface area contributed by atoms with E-state index >= 15 is 0 Å². The highest BCUT2D eigenvalue weighted by atomic mass is 32.1. The lowest BCUT2D eigenvalue weighted by atomic mass is 9.80. The van der Waals surface area contributed by atoms with Crippen LogP contribution in [0.1, 0.15) is 34.8 Å². The van der Waals surface area contributed by atoms with E-state index in [2.05, 4.69) is 40.8 Å². The highest BCUT2D eigenvalue weighted by Crippen LogP contribution is 2.59. The molecular formula is C22H18N4OS. The molecule has 0 spiro atoms. The zero-order valence-corrected chi connectivity index (χ0v) is 16.0. The molecule has 28 heavy (non-hydrogen) atoms. The van der Waals surface area contributed by atoms with Crippen LogP contribution in [0, 0.1) is 0 Å². The molecule has 0 aliphatic heterocycles. The van der Waals surface area contributed by atoms with Gasteiger partial charge in [0, 0.05) is 29.0 Å². The smallest absolute Gasteiger partial charge is 0.204 e. The number of rotatable bonds is 5. The van der Waals surface area contributed by atoms with Gasteiger partial charge in [0.05, 0.1) is 11.6 Å². The van der Waals surface area contributed by atoms with Crippen LogP contribution in [-0.2, 0) is 6.42 Å². The lowest BCUT2D eigenvalue weighted by molar-refractivity contribution is 0.430. The Balaban J connectivity index is 1.41. The first kappa shape index (κ1) is 16.0. The minimum Gasteiger partial charge on any atom is -0.369 e. The van der Waals surface area contributed by atoms with Gasteiger partial charge in [-0.05, 0) is 30.4 Å². The number of thiophene rings is 1. The molecule has 138 valence electrons. The number of aromatic nitrogens is 3. The van der Waals surface area contributed by atoms with E-state index in [4.69, 9.17) is 14.5 Å². The standard InChI is InChI=1S/C22H18N4OS/c1-2-5-13(6-3-1)9-11-23-21-18-17-14-7-4-8-15(14)19(17)28-22(18)26-20(25-21)16-10-12-24-27-16/h1-3,5-7,10,12,15H,4,8-9,11H2,(H,23,25,26). The molecular weight excluding hydrogens is 368 g/mol. The maximum atomic E-state index is 5.31. The number of anilines is 1.